The average Bonchev–Trinajstić information content (AvgIpc) is 3.02. The number of hydrogen-bond donors (Lipinski definition) is 1. The molecular weight excluding hydrogens is 306 g/mol. The van der Waals surface area contributed by atoms with E-state index in [4.69, 9.17) is 9.47 Å². The number of esters is 1. The Morgan fingerprint density at radius 2 is 1.88 bits per heavy atom. The van der Waals surface area contributed by atoms with Gasteiger partial charge < -0.3 is 14.5 Å². The zero-order valence-electron chi connectivity index (χ0n) is 13.9. The maximum atomic E-state index is 12.5. The quantitative estimate of drug-likeness (QED) is 0.876. The van der Waals surface area contributed by atoms with Crippen LogP contribution in [0.2, 0.25) is 0 Å². The summed E-state index contributed by atoms with van der Waals surface area (Å²) in [5.74, 6) is -0.595. The van der Waals surface area contributed by atoms with Crippen molar-refractivity contribution in [3.8, 4) is 11.1 Å². The molecule has 0 unspecified atom stereocenters. The summed E-state index contributed by atoms with van der Waals surface area (Å²) < 4.78 is 10.9. The monoisotopic (exact) mass is 327 g/mol. The average molecular weight is 327 g/mol. The third kappa shape index (κ3) is 3.26. The third-order valence-corrected chi connectivity index (χ3v) is 4.50. The SMILES string of the molecule is CO[C@@H]1CCC[C@H]1OC(=O)c1cc(-c2ccccc2)c(C)[nH]c1=O. The first-order valence-electron chi connectivity index (χ1n) is 8.13. The highest BCUT2D eigenvalue weighted by atomic mass is 16.6. The van der Waals surface area contributed by atoms with Crippen molar-refractivity contribution < 1.29 is 14.3 Å². The van der Waals surface area contributed by atoms with Crippen LogP contribution in [0.3, 0.4) is 0 Å². The van der Waals surface area contributed by atoms with Gasteiger partial charge in [0.05, 0.1) is 6.10 Å². The predicted octanol–water partition coefficient (Wildman–Crippen LogP) is 3.07. The number of hydrogen-bond acceptors (Lipinski definition) is 4. The molecule has 1 aromatic heterocycles. The van der Waals surface area contributed by atoms with Crippen molar-refractivity contribution in [1.29, 1.82) is 0 Å². The lowest BCUT2D eigenvalue weighted by molar-refractivity contribution is -0.0208. The van der Waals surface area contributed by atoms with E-state index < -0.39 is 11.5 Å². The van der Waals surface area contributed by atoms with Crippen LogP contribution < -0.4 is 5.56 Å². The second-order valence-corrected chi connectivity index (χ2v) is 6.07. The molecule has 0 radical (unpaired) electrons. The molecule has 5 heteroatoms. The number of carbonyl (C=O) groups is 1. The Bertz CT molecular complexity index is 782. The lowest BCUT2D eigenvalue weighted by Gasteiger charge is -2.18. The second-order valence-electron chi connectivity index (χ2n) is 6.07. The van der Waals surface area contributed by atoms with Crippen LogP contribution in [0.1, 0.15) is 35.3 Å². The van der Waals surface area contributed by atoms with Crippen LogP contribution in [0.4, 0.5) is 0 Å². The molecule has 1 saturated carbocycles. The number of benzene rings is 1. The second kappa shape index (κ2) is 7.01. The Morgan fingerprint density at radius 1 is 1.17 bits per heavy atom. The highest BCUT2D eigenvalue weighted by molar-refractivity contribution is 5.91. The first-order valence-corrected chi connectivity index (χ1v) is 8.13. The van der Waals surface area contributed by atoms with Gasteiger partial charge in [-0.2, -0.15) is 0 Å². The molecule has 126 valence electrons. The summed E-state index contributed by atoms with van der Waals surface area (Å²) in [5, 5.41) is 0. The summed E-state index contributed by atoms with van der Waals surface area (Å²) in [6, 6.07) is 11.2. The van der Waals surface area contributed by atoms with Gasteiger partial charge in [-0.1, -0.05) is 30.3 Å². The number of rotatable bonds is 4. The highest BCUT2D eigenvalue weighted by Crippen LogP contribution is 2.26. The fourth-order valence-corrected chi connectivity index (χ4v) is 3.19. The molecule has 1 aliphatic rings. The van der Waals surface area contributed by atoms with E-state index in [0.29, 0.717) is 0 Å². The van der Waals surface area contributed by atoms with Gasteiger partial charge in [-0.05, 0) is 37.8 Å². The third-order valence-electron chi connectivity index (χ3n) is 4.50. The van der Waals surface area contributed by atoms with Gasteiger partial charge >= 0.3 is 5.97 Å². The summed E-state index contributed by atoms with van der Waals surface area (Å²) in [4.78, 5) is 27.4. The van der Waals surface area contributed by atoms with E-state index in [1.54, 1.807) is 13.2 Å². The minimum absolute atomic E-state index is 0.0289. The number of H-pyrrole nitrogens is 1. The molecule has 0 spiro atoms. The minimum Gasteiger partial charge on any atom is -0.456 e. The van der Waals surface area contributed by atoms with Crippen LogP contribution in [0.25, 0.3) is 11.1 Å². The standard InChI is InChI=1S/C19H21NO4/c1-12-14(13-7-4-3-5-8-13)11-15(18(21)20-12)19(22)24-17-10-6-9-16(17)23-2/h3-5,7-8,11,16-17H,6,9-10H2,1-2H3,(H,20,21)/t16-,17-/m1/s1. The molecule has 1 aromatic carbocycles. The van der Waals surface area contributed by atoms with Gasteiger partial charge in [0.25, 0.3) is 5.56 Å². The largest absolute Gasteiger partial charge is 0.456 e. The van der Waals surface area contributed by atoms with E-state index in [0.717, 1.165) is 36.1 Å². The number of aryl methyl sites for hydroxylation is 1. The van der Waals surface area contributed by atoms with E-state index in [2.05, 4.69) is 4.98 Å². The van der Waals surface area contributed by atoms with Crippen LogP contribution in [-0.2, 0) is 9.47 Å². The Hall–Kier alpha value is -2.40. The summed E-state index contributed by atoms with van der Waals surface area (Å²) in [7, 11) is 1.61. The fourth-order valence-electron chi connectivity index (χ4n) is 3.19. The van der Waals surface area contributed by atoms with Gasteiger partial charge in [0, 0.05) is 18.4 Å². The zero-order chi connectivity index (χ0) is 17.1. The normalized spacial score (nSPS) is 20.1. The van der Waals surface area contributed by atoms with Crippen molar-refractivity contribution >= 4 is 5.97 Å². The van der Waals surface area contributed by atoms with E-state index >= 15 is 0 Å². The highest BCUT2D eigenvalue weighted by Gasteiger charge is 2.31. The molecule has 1 aliphatic carbocycles. The topological polar surface area (TPSA) is 68.4 Å². The van der Waals surface area contributed by atoms with E-state index in [1.165, 1.54) is 0 Å². The molecule has 3 rings (SSSR count). The van der Waals surface area contributed by atoms with Crippen LogP contribution >= 0.6 is 0 Å². The molecule has 2 atom stereocenters. The summed E-state index contributed by atoms with van der Waals surface area (Å²) >= 11 is 0. The van der Waals surface area contributed by atoms with Crippen molar-refractivity contribution in [2.45, 2.75) is 38.4 Å². The predicted molar refractivity (Wildman–Crippen MR) is 91.1 cm³/mol. The van der Waals surface area contributed by atoms with E-state index in [9.17, 15) is 9.59 Å². The molecule has 1 N–H and O–H groups in total. The number of ether oxygens (including phenoxy) is 2. The molecule has 1 fully saturated rings. The van der Waals surface area contributed by atoms with Gasteiger partial charge in [-0.25, -0.2) is 4.79 Å². The lowest BCUT2D eigenvalue weighted by Crippen LogP contribution is -2.30. The first-order chi connectivity index (χ1) is 11.6. The van der Waals surface area contributed by atoms with E-state index in [-0.39, 0.29) is 17.8 Å². The molecule has 0 saturated heterocycles. The molecular formula is C19H21NO4. The van der Waals surface area contributed by atoms with Crippen LogP contribution in [0, 0.1) is 6.92 Å². The molecule has 0 bridgehead atoms. The van der Waals surface area contributed by atoms with Crippen molar-refractivity contribution in [2.75, 3.05) is 7.11 Å². The molecule has 5 nitrogen and oxygen atoms in total. The van der Waals surface area contributed by atoms with Gasteiger partial charge in [-0.3, -0.25) is 4.79 Å². The van der Waals surface area contributed by atoms with Crippen molar-refractivity contribution in [2.24, 2.45) is 0 Å². The Labute approximate surface area is 140 Å². The van der Waals surface area contributed by atoms with Crippen molar-refractivity contribution in [3.05, 3.63) is 58.0 Å². The number of aromatic amines is 1. The fraction of sp³-hybridized carbons (Fsp3) is 0.368. The number of aromatic nitrogens is 1. The maximum absolute atomic E-state index is 12.5. The molecule has 0 aliphatic heterocycles. The molecule has 0 amide bonds. The summed E-state index contributed by atoms with van der Waals surface area (Å²) in [6.45, 7) is 1.82. The van der Waals surface area contributed by atoms with Crippen molar-refractivity contribution in [1.82, 2.24) is 4.98 Å². The van der Waals surface area contributed by atoms with Crippen LogP contribution in [0.15, 0.2) is 41.2 Å². The number of carbonyl (C=O) groups excluding carboxylic acids is 1. The Kier molecular flexibility index (Phi) is 4.81. The van der Waals surface area contributed by atoms with Crippen LogP contribution in [-0.4, -0.2) is 30.3 Å². The van der Waals surface area contributed by atoms with Crippen molar-refractivity contribution in [3.63, 3.8) is 0 Å². The zero-order valence-corrected chi connectivity index (χ0v) is 13.9. The molecule has 24 heavy (non-hydrogen) atoms. The number of methoxy groups -OCH3 is 1. The summed E-state index contributed by atoms with van der Waals surface area (Å²) in [6.07, 6.45) is 2.21. The van der Waals surface area contributed by atoms with Gasteiger partial charge in [-0.15, -0.1) is 0 Å². The number of nitrogens with one attached hydrogen (secondary N) is 1. The first kappa shape index (κ1) is 16.5. The smallest absolute Gasteiger partial charge is 0.344 e. The Morgan fingerprint density at radius 3 is 2.58 bits per heavy atom. The van der Waals surface area contributed by atoms with E-state index in [1.807, 2.05) is 37.3 Å². The Balaban J connectivity index is 1.90. The summed E-state index contributed by atoms with van der Waals surface area (Å²) in [5.41, 5.74) is 2.08. The van der Waals surface area contributed by atoms with Gasteiger partial charge in [0.15, 0.2) is 0 Å². The number of pyridine rings is 1. The lowest BCUT2D eigenvalue weighted by atomic mass is 10.0. The maximum Gasteiger partial charge on any atom is 0.344 e. The molecule has 1 heterocycles. The van der Waals surface area contributed by atoms with Crippen LogP contribution in [0.5, 0.6) is 0 Å². The minimum atomic E-state index is -0.595. The van der Waals surface area contributed by atoms with Gasteiger partial charge in [0.1, 0.15) is 11.7 Å². The molecule has 2 aromatic rings. The van der Waals surface area contributed by atoms with Gasteiger partial charge in [0.2, 0.25) is 0 Å².